The Bertz CT molecular complexity index is 917. The van der Waals surface area contributed by atoms with Crippen LogP contribution in [0.15, 0.2) is 29.2 Å². The Morgan fingerprint density at radius 1 is 0.920 bits per heavy atom. The van der Waals surface area contributed by atoms with Gasteiger partial charge in [-0.2, -0.15) is 8.42 Å². The van der Waals surface area contributed by atoms with E-state index in [2.05, 4.69) is 0 Å². The summed E-state index contributed by atoms with van der Waals surface area (Å²) < 4.78 is 36.3. The predicted octanol–water partition coefficient (Wildman–Crippen LogP) is 3.90. The molecule has 2 rings (SSSR count). The third-order valence-electron chi connectivity index (χ3n) is 4.32. The van der Waals surface area contributed by atoms with Crippen LogP contribution in [0.4, 0.5) is 0 Å². The van der Waals surface area contributed by atoms with E-state index in [4.69, 9.17) is 8.92 Å². The molecule has 6 heteroatoms. The van der Waals surface area contributed by atoms with E-state index in [9.17, 15) is 13.2 Å². The summed E-state index contributed by atoms with van der Waals surface area (Å²) >= 11 is 0. The van der Waals surface area contributed by atoms with Crippen LogP contribution in [0.2, 0.25) is 0 Å². The molecule has 0 atom stereocenters. The van der Waals surface area contributed by atoms with Crippen molar-refractivity contribution in [2.45, 2.75) is 39.5 Å². The van der Waals surface area contributed by atoms with Crippen molar-refractivity contribution in [1.82, 2.24) is 0 Å². The van der Waals surface area contributed by atoms with Crippen molar-refractivity contribution in [1.29, 1.82) is 0 Å². The van der Waals surface area contributed by atoms with Gasteiger partial charge in [-0.3, -0.25) is 4.79 Å². The fourth-order valence-electron chi connectivity index (χ4n) is 2.67. The SMILES string of the molecule is COc1cc(C(C)=O)ccc1OS(=O)(=O)c1c(C)c(C)cc(C)c1C. The van der Waals surface area contributed by atoms with Crippen molar-refractivity contribution in [3.63, 3.8) is 0 Å². The van der Waals surface area contributed by atoms with Gasteiger partial charge >= 0.3 is 10.1 Å². The highest BCUT2D eigenvalue weighted by Gasteiger charge is 2.25. The minimum atomic E-state index is -4.05. The number of benzene rings is 2. The molecule has 0 bridgehead atoms. The highest BCUT2D eigenvalue weighted by atomic mass is 32.2. The lowest BCUT2D eigenvalue weighted by Crippen LogP contribution is -2.15. The molecule has 0 N–H and O–H groups in total. The van der Waals surface area contributed by atoms with Gasteiger partial charge in [0, 0.05) is 5.56 Å². The van der Waals surface area contributed by atoms with Crippen LogP contribution < -0.4 is 8.92 Å². The molecule has 0 unspecified atom stereocenters. The third-order valence-corrected chi connectivity index (χ3v) is 5.83. The highest BCUT2D eigenvalue weighted by Crippen LogP contribution is 2.33. The standard InChI is InChI=1S/C19H22O5S/c1-11-9-12(2)14(4)19(13(11)3)25(21,22)24-17-8-7-16(15(5)20)10-18(17)23-6/h7-10H,1-6H3. The van der Waals surface area contributed by atoms with Gasteiger partial charge in [0.2, 0.25) is 0 Å². The van der Waals surface area contributed by atoms with Crippen LogP contribution in [-0.2, 0) is 10.1 Å². The molecule has 0 radical (unpaired) electrons. The van der Waals surface area contributed by atoms with Gasteiger partial charge in [0.05, 0.1) is 7.11 Å². The first kappa shape index (κ1) is 19.0. The number of rotatable bonds is 5. The van der Waals surface area contributed by atoms with Crippen LogP contribution in [0.25, 0.3) is 0 Å². The molecule has 0 amide bonds. The van der Waals surface area contributed by atoms with Crippen molar-refractivity contribution in [3.8, 4) is 11.5 Å². The van der Waals surface area contributed by atoms with Gasteiger partial charge in [-0.05, 0) is 75.1 Å². The molecular weight excluding hydrogens is 340 g/mol. The number of carbonyl (C=O) groups is 1. The molecule has 2 aromatic rings. The zero-order valence-corrected chi connectivity index (χ0v) is 16.1. The second kappa shape index (κ2) is 6.88. The van der Waals surface area contributed by atoms with Gasteiger partial charge in [0.15, 0.2) is 17.3 Å². The second-order valence-corrected chi connectivity index (χ2v) is 7.53. The van der Waals surface area contributed by atoms with Gasteiger partial charge in [-0.1, -0.05) is 6.07 Å². The zero-order valence-electron chi connectivity index (χ0n) is 15.3. The van der Waals surface area contributed by atoms with Crippen LogP contribution in [0, 0.1) is 27.7 Å². The van der Waals surface area contributed by atoms with E-state index >= 15 is 0 Å². The van der Waals surface area contributed by atoms with E-state index in [1.165, 1.54) is 32.2 Å². The number of carbonyl (C=O) groups excluding carboxylic acids is 1. The summed E-state index contributed by atoms with van der Waals surface area (Å²) in [6.07, 6.45) is 0. The van der Waals surface area contributed by atoms with Crippen molar-refractivity contribution < 1.29 is 22.1 Å². The Labute approximate surface area is 148 Å². The monoisotopic (exact) mass is 362 g/mol. The first-order chi connectivity index (χ1) is 11.6. The topological polar surface area (TPSA) is 69.7 Å². The molecule has 5 nitrogen and oxygen atoms in total. The normalized spacial score (nSPS) is 11.3. The number of ketones is 1. The van der Waals surface area contributed by atoms with Crippen LogP contribution in [0.3, 0.4) is 0 Å². The van der Waals surface area contributed by atoms with Gasteiger partial charge < -0.3 is 8.92 Å². The minimum absolute atomic E-state index is 0.0467. The molecule has 0 aromatic heterocycles. The summed E-state index contributed by atoms with van der Waals surface area (Å²) in [7, 11) is -2.66. The summed E-state index contributed by atoms with van der Waals surface area (Å²) in [5, 5.41) is 0. The highest BCUT2D eigenvalue weighted by molar-refractivity contribution is 7.87. The van der Waals surface area contributed by atoms with Crippen LogP contribution in [0.5, 0.6) is 11.5 Å². The van der Waals surface area contributed by atoms with Gasteiger partial charge in [0.25, 0.3) is 0 Å². The Hall–Kier alpha value is -2.34. The number of hydrogen-bond acceptors (Lipinski definition) is 5. The number of hydrogen-bond donors (Lipinski definition) is 0. The first-order valence-electron chi connectivity index (χ1n) is 7.79. The molecule has 0 saturated carbocycles. The lowest BCUT2D eigenvalue weighted by Gasteiger charge is -2.17. The first-order valence-corrected chi connectivity index (χ1v) is 9.20. The largest absolute Gasteiger partial charge is 0.493 e. The summed E-state index contributed by atoms with van der Waals surface area (Å²) in [5.74, 6) is 0.0927. The molecule has 2 aromatic carbocycles. The van der Waals surface area contributed by atoms with Crippen molar-refractivity contribution in [2.75, 3.05) is 7.11 Å². The third kappa shape index (κ3) is 3.69. The maximum Gasteiger partial charge on any atom is 0.339 e. The van der Waals surface area contributed by atoms with Crippen LogP contribution >= 0.6 is 0 Å². The average Bonchev–Trinajstić information content (AvgIpc) is 2.52. The zero-order chi connectivity index (χ0) is 18.9. The number of aryl methyl sites for hydroxylation is 2. The van der Waals surface area contributed by atoms with Crippen molar-refractivity contribution in [3.05, 3.63) is 52.1 Å². The van der Waals surface area contributed by atoms with Crippen molar-refractivity contribution in [2.24, 2.45) is 0 Å². The lowest BCUT2D eigenvalue weighted by atomic mass is 10.0. The van der Waals surface area contributed by atoms with E-state index in [1.807, 2.05) is 19.9 Å². The van der Waals surface area contributed by atoms with E-state index in [0.29, 0.717) is 16.7 Å². The molecule has 0 aliphatic heterocycles. The number of ether oxygens (including phenoxy) is 1. The van der Waals surface area contributed by atoms with Gasteiger partial charge in [-0.15, -0.1) is 0 Å². The fraction of sp³-hybridized carbons (Fsp3) is 0.316. The number of Topliss-reactive ketones (excluding diaryl/α,β-unsaturated/α-hetero) is 1. The minimum Gasteiger partial charge on any atom is -0.493 e. The lowest BCUT2D eigenvalue weighted by molar-refractivity contribution is 0.101. The van der Waals surface area contributed by atoms with Crippen LogP contribution in [-0.4, -0.2) is 21.3 Å². The Morgan fingerprint density at radius 2 is 1.48 bits per heavy atom. The Balaban J connectivity index is 2.56. The quantitative estimate of drug-likeness (QED) is 0.596. The van der Waals surface area contributed by atoms with Crippen molar-refractivity contribution >= 4 is 15.9 Å². The molecule has 0 aliphatic carbocycles. The fourth-order valence-corrected chi connectivity index (χ4v) is 4.20. The molecular formula is C19H22O5S. The average molecular weight is 362 g/mol. The van der Waals surface area contributed by atoms with E-state index in [-0.39, 0.29) is 22.2 Å². The predicted molar refractivity (Wildman–Crippen MR) is 96.2 cm³/mol. The van der Waals surface area contributed by atoms with Gasteiger partial charge in [-0.25, -0.2) is 0 Å². The molecule has 0 heterocycles. The Kier molecular flexibility index (Phi) is 5.23. The smallest absolute Gasteiger partial charge is 0.339 e. The molecule has 134 valence electrons. The summed E-state index contributed by atoms with van der Waals surface area (Å²) in [6.45, 7) is 8.67. The molecule has 0 spiro atoms. The van der Waals surface area contributed by atoms with Crippen LogP contribution in [0.1, 0.15) is 39.5 Å². The molecule has 0 aliphatic rings. The molecule has 0 saturated heterocycles. The summed E-state index contributed by atoms with van der Waals surface area (Å²) in [5.41, 5.74) is 3.48. The molecule has 0 fully saturated rings. The van der Waals surface area contributed by atoms with E-state index in [0.717, 1.165) is 11.1 Å². The van der Waals surface area contributed by atoms with E-state index in [1.54, 1.807) is 13.8 Å². The molecule has 25 heavy (non-hydrogen) atoms. The summed E-state index contributed by atoms with van der Waals surface area (Å²) in [6, 6.07) is 6.36. The maximum absolute atomic E-state index is 12.9. The van der Waals surface area contributed by atoms with E-state index < -0.39 is 10.1 Å². The number of methoxy groups -OCH3 is 1. The maximum atomic E-state index is 12.9. The Morgan fingerprint density at radius 3 is 1.96 bits per heavy atom. The second-order valence-electron chi connectivity index (χ2n) is 6.05. The summed E-state index contributed by atoms with van der Waals surface area (Å²) in [4.78, 5) is 11.7. The van der Waals surface area contributed by atoms with Gasteiger partial charge in [0.1, 0.15) is 4.90 Å².